The Kier molecular flexibility index (Phi) is 3.31. The molecule has 82 valence electrons. The van der Waals surface area contributed by atoms with E-state index in [-0.39, 0.29) is 5.82 Å². The Bertz CT molecular complexity index is 327. The van der Waals surface area contributed by atoms with Crippen molar-refractivity contribution in [1.29, 1.82) is 0 Å². The smallest absolute Gasteiger partial charge is 0.144 e. The third-order valence-corrected chi connectivity index (χ3v) is 3.17. The second kappa shape index (κ2) is 4.71. The number of nitrogens with one attached hydrogen (secondary N) is 1. The number of halogens is 1. The summed E-state index contributed by atoms with van der Waals surface area (Å²) in [6, 6.07) is 2.38. The van der Waals surface area contributed by atoms with Crippen molar-refractivity contribution in [1.82, 2.24) is 10.3 Å². The summed E-state index contributed by atoms with van der Waals surface area (Å²) in [5, 5.41) is 3.43. The molecule has 0 radical (unpaired) electrons. The third kappa shape index (κ3) is 2.34. The second-order valence-electron chi connectivity index (χ2n) is 4.16. The van der Waals surface area contributed by atoms with Gasteiger partial charge in [0.15, 0.2) is 0 Å². The molecule has 1 aliphatic carbocycles. The molecule has 1 aromatic rings. The molecular formula is C12H17FN2. The van der Waals surface area contributed by atoms with Crippen LogP contribution in [0.3, 0.4) is 0 Å². The Morgan fingerprint density at radius 2 is 2.40 bits per heavy atom. The first-order valence-corrected chi connectivity index (χ1v) is 5.64. The van der Waals surface area contributed by atoms with Gasteiger partial charge in [0.05, 0.1) is 6.20 Å². The van der Waals surface area contributed by atoms with Gasteiger partial charge in [-0.15, -0.1) is 0 Å². The number of hydrogen-bond acceptors (Lipinski definition) is 2. The van der Waals surface area contributed by atoms with Crippen molar-refractivity contribution < 1.29 is 4.39 Å². The number of nitrogens with zero attached hydrogens (tertiary/aromatic N) is 1. The molecule has 2 nitrogen and oxygen atoms in total. The fourth-order valence-electron chi connectivity index (χ4n) is 2.46. The van der Waals surface area contributed by atoms with E-state index < -0.39 is 0 Å². The van der Waals surface area contributed by atoms with Gasteiger partial charge in [-0.3, -0.25) is 4.98 Å². The second-order valence-corrected chi connectivity index (χ2v) is 4.16. The predicted molar refractivity (Wildman–Crippen MR) is 58.3 cm³/mol. The maximum Gasteiger partial charge on any atom is 0.144 e. The highest BCUT2D eigenvalue weighted by molar-refractivity contribution is 5.19. The molecule has 0 aromatic carbocycles. The van der Waals surface area contributed by atoms with E-state index >= 15 is 0 Å². The summed E-state index contributed by atoms with van der Waals surface area (Å²) in [6.07, 6.45) is 6.28. The van der Waals surface area contributed by atoms with Crippen molar-refractivity contribution in [2.75, 3.05) is 6.54 Å². The Labute approximate surface area is 89.9 Å². The van der Waals surface area contributed by atoms with E-state index in [2.05, 4.69) is 17.2 Å². The first-order chi connectivity index (χ1) is 7.31. The normalized spacial score (nSPS) is 25.7. The van der Waals surface area contributed by atoms with E-state index in [0.29, 0.717) is 12.0 Å². The number of hydrogen-bond donors (Lipinski definition) is 1. The lowest BCUT2D eigenvalue weighted by Gasteiger charge is -2.12. The molecule has 2 rings (SSSR count). The van der Waals surface area contributed by atoms with E-state index in [0.717, 1.165) is 31.4 Å². The van der Waals surface area contributed by atoms with Crippen LogP contribution in [0, 0.1) is 5.82 Å². The van der Waals surface area contributed by atoms with Gasteiger partial charge in [0.25, 0.3) is 0 Å². The Hall–Kier alpha value is -0.960. The fourth-order valence-corrected chi connectivity index (χ4v) is 2.46. The standard InChI is InChI=1S/C12H17FN2/c1-2-15-10-4-3-9(7-10)11-5-6-14-8-12(11)13/h5-6,8-10,15H,2-4,7H2,1H3. The van der Waals surface area contributed by atoms with Crippen molar-refractivity contribution in [3.05, 3.63) is 29.8 Å². The van der Waals surface area contributed by atoms with Gasteiger partial charge in [0.2, 0.25) is 0 Å². The monoisotopic (exact) mass is 208 g/mol. The van der Waals surface area contributed by atoms with E-state index in [1.54, 1.807) is 6.20 Å². The first kappa shape index (κ1) is 10.6. The lowest BCUT2D eigenvalue weighted by Crippen LogP contribution is -2.25. The van der Waals surface area contributed by atoms with Crippen LogP contribution in [0.2, 0.25) is 0 Å². The minimum Gasteiger partial charge on any atom is -0.314 e. The average Bonchev–Trinajstić information content (AvgIpc) is 2.68. The molecule has 0 bridgehead atoms. The van der Waals surface area contributed by atoms with Crippen LogP contribution < -0.4 is 5.32 Å². The molecule has 0 amide bonds. The third-order valence-electron chi connectivity index (χ3n) is 3.17. The number of pyridine rings is 1. The Morgan fingerprint density at radius 1 is 1.53 bits per heavy atom. The highest BCUT2D eigenvalue weighted by Gasteiger charge is 2.26. The quantitative estimate of drug-likeness (QED) is 0.825. The molecule has 1 aromatic heterocycles. The predicted octanol–water partition coefficient (Wildman–Crippen LogP) is 2.47. The van der Waals surface area contributed by atoms with Crippen LogP contribution in [0.5, 0.6) is 0 Å². The minimum atomic E-state index is -0.153. The molecule has 1 N–H and O–H groups in total. The summed E-state index contributed by atoms with van der Waals surface area (Å²) in [6.45, 7) is 3.11. The van der Waals surface area contributed by atoms with Gasteiger partial charge in [-0.2, -0.15) is 0 Å². The minimum absolute atomic E-state index is 0.153. The molecule has 3 heteroatoms. The largest absolute Gasteiger partial charge is 0.314 e. The topological polar surface area (TPSA) is 24.9 Å². The summed E-state index contributed by atoms with van der Waals surface area (Å²) in [7, 11) is 0. The Morgan fingerprint density at radius 3 is 3.13 bits per heavy atom. The van der Waals surface area contributed by atoms with Crippen molar-refractivity contribution in [2.24, 2.45) is 0 Å². The van der Waals surface area contributed by atoms with Gasteiger partial charge >= 0.3 is 0 Å². The van der Waals surface area contributed by atoms with Crippen LogP contribution >= 0.6 is 0 Å². The maximum atomic E-state index is 13.5. The van der Waals surface area contributed by atoms with Crippen molar-refractivity contribution in [3.63, 3.8) is 0 Å². The molecular weight excluding hydrogens is 191 g/mol. The fraction of sp³-hybridized carbons (Fsp3) is 0.583. The highest BCUT2D eigenvalue weighted by Crippen LogP contribution is 2.35. The van der Waals surface area contributed by atoms with E-state index in [9.17, 15) is 4.39 Å². The molecule has 2 unspecified atom stereocenters. The van der Waals surface area contributed by atoms with Crippen LogP contribution in [-0.2, 0) is 0 Å². The molecule has 2 atom stereocenters. The van der Waals surface area contributed by atoms with Crippen LogP contribution in [0.1, 0.15) is 37.7 Å². The average molecular weight is 208 g/mol. The summed E-state index contributed by atoms with van der Waals surface area (Å²) in [5.41, 5.74) is 0.838. The highest BCUT2D eigenvalue weighted by atomic mass is 19.1. The van der Waals surface area contributed by atoms with Crippen molar-refractivity contribution in [3.8, 4) is 0 Å². The van der Waals surface area contributed by atoms with E-state index in [4.69, 9.17) is 0 Å². The van der Waals surface area contributed by atoms with Gasteiger partial charge in [-0.25, -0.2) is 4.39 Å². The summed E-state index contributed by atoms with van der Waals surface area (Å²) >= 11 is 0. The maximum absolute atomic E-state index is 13.5. The van der Waals surface area contributed by atoms with Gasteiger partial charge in [0, 0.05) is 12.2 Å². The summed E-state index contributed by atoms with van der Waals surface area (Å²) < 4.78 is 13.5. The molecule has 0 saturated heterocycles. The van der Waals surface area contributed by atoms with Crippen molar-refractivity contribution >= 4 is 0 Å². The first-order valence-electron chi connectivity index (χ1n) is 5.64. The number of aromatic nitrogens is 1. The molecule has 1 aliphatic rings. The lowest BCUT2D eigenvalue weighted by molar-refractivity contribution is 0.526. The van der Waals surface area contributed by atoms with Gasteiger partial charge in [-0.05, 0) is 43.4 Å². The molecule has 15 heavy (non-hydrogen) atoms. The lowest BCUT2D eigenvalue weighted by atomic mass is 9.98. The summed E-state index contributed by atoms with van der Waals surface area (Å²) in [4.78, 5) is 3.78. The van der Waals surface area contributed by atoms with Gasteiger partial charge in [0.1, 0.15) is 5.82 Å². The molecule has 1 heterocycles. The zero-order chi connectivity index (χ0) is 10.7. The van der Waals surface area contributed by atoms with Crippen LogP contribution in [-0.4, -0.2) is 17.6 Å². The van der Waals surface area contributed by atoms with Gasteiger partial charge < -0.3 is 5.32 Å². The van der Waals surface area contributed by atoms with E-state index in [1.165, 1.54) is 6.20 Å². The van der Waals surface area contributed by atoms with E-state index in [1.807, 2.05) is 6.07 Å². The van der Waals surface area contributed by atoms with Crippen LogP contribution in [0.15, 0.2) is 18.5 Å². The van der Waals surface area contributed by atoms with Crippen LogP contribution in [0.25, 0.3) is 0 Å². The molecule has 1 saturated carbocycles. The number of rotatable bonds is 3. The van der Waals surface area contributed by atoms with Crippen LogP contribution in [0.4, 0.5) is 4.39 Å². The summed E-state index contributed by atoms with van der Waals surface area (Å²) in [5.74, 6) is 0.219. The molecule has 0 aliphatic heterocycles. The molecule has 0 spiro atoms. The van der Waals surface area contributed by atoms with Crippen molar-refractivity contribution in [2.45, 2.75) is 38.1 Å². The molecule has 1 fully saturated rings. The Balaban J connectivity index is 2.04. The zero-order valence-corrected chi connectivity index (χ0v) is 9.04. The zero-order valence-electron chi connectivity index (χ0n) is 9.04. The van der Waals surface area contributed by atoms with Gasteiger partial charge in [-0.1, -0.05) is 6.92 Å². The SMILES string of the molecule is CCNC1CCC(c2ccncc2F)C1.